The number of carboxylic acid groups (broad SMARTS) is 1. The minimum absolute atomic E-state index is 0.102. The Hall–Kier alpha value is -2.37. The average Bonchev–Trinajstić information content (AvgIpc) is 2.45. The third-order valence-electron chi connectivity index (χ3n) is 3.43. The van der Waals surface area contributed by atoms with E-state index in [1.54, 1.807) is 6.07 Å². The number of rotatable bonds is 6. The van der Waals surface area contributed by atoms with Crippen LogP contribution < -0.4 is 10.6 Å². The largest absolute Gasteiger partial charge is 0.481 e. The number of hydrogen-bond donors (Lipinski definition) is 3. The van der Waals surface area contributed by atoms with Gasteiger partial charge >= 0.3 is 5.97 Å². The van der Waals surface area contributed by atoms with Gasteiger partial charge in [0, 0.05) is 25.1 Å². The van der Waals surface area contributed by atoms with Crippen LogP contribution in [0.15, 0.2) is 24.3 Å². The van der Waals surface area contributed by atoms with E-state index < -0.39 is 11.9 Å². The van der Waals surface area contributed by atoms with Gasteiger partial charge in [-0.2, -0.15) is 0 Å². The molecule has 1 aromatic rings. The number of nitrogens with one attached hydrogen (secondary N) is 2. The van der Waals surface area contributed by atoms with Gasteiger partial charge in [-0.25, -0.2) is 0 Å². The van der Waals surface area contributed by atoms with Crippen LogP contribution in [-0.4, -0.2) is 29.4 Å². The molecule has 3 N–H and O–H groups in total. The van der Waals surface area contributed by atoms with Crippen LogP contribution in [0.5, 0.6) is 0 Å². The van der Waals surface area contributed by atoms with Crippen LogP contribution in [0.4, 0.5) is 5.69 Å². The first-order chi connectivity index (χ1) is 10.1. The molecule has 112 valence electrons. The van der Waals surface area contributed by atoms with Crippen molar-refractivity contribution < 1.29 is 19.5 Å². The van der Waals surface area contributed by atoms with Crippen molar-refractivity contribution >= 4 is 23.5 Å². The smallest absolute Gasteiger partial charge is 0.303 e. The summed E-state index contributed by atoms with van der Waals surface area (Å²) in [5.74, 6) is -1.67. The third-order valence-corrected chi connectivity index (χ3v) is 3.43. The Morgan fingerprint density at radius 3 is 2.81 bits per heavy atom. The van der Waals surface area contributed by atoms with Gasteiger partial charge < -0.3 is 15.7 Å². The Bertz CT molecular complexity index is 556. The predicted octanol–water partition coefficient (Wildman–Crippen LogP) is 1.48. The van der Waals surface area contributed by atoms with Crippen molar-refractivity contribution in [2.45, 2.75) is 31.6 Å². The maximum absolute atomic E-state index is 12.2. The van der Waals surface area contributed by atoms with Crippen molar-refractivity contribution in [2.75, 3.05) is 11.9 Å². The summed E-state index contributed by atoms with van der Waals surface area (Å²) in [6, 6.07) is 7.26. The van der Waals surface area contributed by atoms with Gasteiger partial charge in [-0.05, 0) is 24.5 Å². The first-order valence-electron chi connectivity index (χ1n) is 6.96. The zero-order valence-electron chi connectivity index (χ0n) is 11.6. The molecule has 1 heterocycles. The highest BCUT2D eigenvalue weighted by Gasteiger charge is 2.29. The number of amides is 2. The summed E-state index contributed by atoms with van der Waals surface area (Å²) in [5.41, 5.74) is 1.50. The summed E-state index contributed by atoms with van der Waals surface area (Å²) < 4.78 is 0. The number of hydrogen-bond acceptors (Lipinski definition) is 3. The number of aliphatic carboxylic acids is 1. The standard InChI is InChI=1S/C15H18N2O4/c18-13-9-11(10-5-1-2-6-12(10)17-13)15(21)16-8-4-3-7-14(19)20/h1-2,5-6,11H,3-4,7-9H2,(H,16,21)(H,17,18)(H,19,20). The molecule has 0 saturated carbocycles. The lowest BCUT2D eigenvalue weighted by Gasteiger charge is -2.24. The molecule has 2 amide bonds. The fourth-order valence-corrected chi connectivity index (χ4v) is 2.38. The number of unbranched alkanes of at least 4 members (excludes halogenated alkanes) is 1. The average molecular weight is 290 g/mol. The zero-order valence-corrected chi connectivity index (χ0v) is 11.6. The van der Waals surface area contributed by atoms with Crippen LogP contribution in [-0.2, 0) is 14.4 Å². The lowest BCUT2D eigenvalue weighted by Crippen LogP contribution is -2.35. The van der Waals surface area contributed by atoms with Crippen molar-refractivity contribution in [3.63, 3.8) is 0 Å². The summed E-state index contributed by atoms with van der Waals surface area (Å²) in [6.07, 6.45) is 1.37. The number of anilines is 1. The summed E-state index contributed by atoms with van der Waals surface area (Å²) in [4.78, 5) is 34.2. The van der Waals surface area contributed by atoms with E-state index in [1.807, 2.05) is 18.2 Å². The lowest BCUT2D eigenvalue weighted by atomic mass is 9.90. The maximum atomic E-state index is 12.2. The van der Waals surface area contributed by atoms with Crippen LogP contribution >= 0.6 is 0 Å². The molecule has 0 aromatic heterocycles. The van der Waals surface area contributed by atoms with E-state index in [2.05, 4.69) is 10.6 Å². The van der Waals surface area contributed by atoms with E-state index in [1.165, 1.54) is 0 Å². The molecule has 0 spiro atoms. The molecule has 1 aliphatic heterocycles. The molecule has 1 atom stereocenters. The number of fused-ring (bicyclic) bond motifs is 1. The molecule has 0 bridgehead atoms. The van der Waals surface area contributed by atoms with Gasteiger partial charge in [-0.1, -0.05) is 18.2 Å². The van der Waals surface area contributed by atoms with Crippen LogP contribution in [0.3, 0.4) is 0 Å². The van der Waals surface area contributed by atoms with E-state index >= 15 is 0 Å². The SMILES string of the molecule is O=C(O)CCCCNC(=O)C1CC(=O)Nc2ccccc21. The number of carboxylic acids is 1. The highest BCUT2D eigenvalue weighted by Crippen LogP contribution is 2.31. The predicted molar refractivity (Wildman–Crippen MR) is 76.9 cm³/mol. The van der Waals surface area contributed by atoms with Gasteiger partial charge in [-0.15, -0.1) is 0 Å². The molecule has 0 saturated heterocycles. The minimum atomic E-state index is -0.834. The van der Waals surface area contributed by atoms with Crippen LogP contribution in [0.2, 0.25) is 0 Å². The van der Waals surface area contributed by atoms with Gasteiger partial charge in [0.2, 0.25) is 11.8 Å². The second-order valence-corrected chi connectivity index (χ2v) is 5.03. The molecule has 21 heavy (non-hydrogen) atoms. The van der Waals surface area contributed by atoms with Gasteiger partial charge in [0.25, 0.3) is 0 Å². The number of para-hydroxylation sites is 1. The van der Waals surface area contributed by atoms with E-state index in [0.717, 1.165) is 5.56 Å². The van der Waals surface area contributed by atoms with E-state index in [0.29, 0.717) is 25.1 Å². The molecule has 1 aromatic carbocycles. The summed E-state index contributed by atoms with van der Waals surface area (Å²) >= 11 is 0. The monoisotopic (exact) mass is 290 g/mol. The Labute approximate surface area is 122 Å². The normalized spacial score (nSPS) is 16.8. The maximum Gasteiger partial charge on any atom is 0.303 e. The molecule has 6 nitrogen and oxygen atoms in total. The molecule has 0 aliphatic carbocycles. The second kappa shape index (κ2) is 6.88. The summed E-state index contributed by atoms with van der Waals surface area (Å²) in [5, 5.41) is 14.1. The third kappa shape index (κ3) is 4.05. The van der Waals surface area contributed by atoms with E-state index in [4.69, 9.17) is 5.11 Å². The topological polar surface area (TPSA) is 95.5 Å². The van der Waals surface area contributed by atoms with Gasteiger partial charge in [0.15, 0.2) is 0 Å². The highest BCUT2D eigenvalue weighted by atomic mass is 16.4. The Morgan fingerprint density at radius 1 is 1.29 bits per heavy atom. The molecule has 6 heteroatoms. The summed E-state index contributed by atoms with van der Waals surface area (Å²) in [6.45, 7) is 0.423. The summed E-state index contributed by atoms with van der Waals surface area (Å²) in [7, 11) is 0. The molecular weight excluding hydrogens is 272 g/mol. The van der Waals surface area contributed by atoms with Crippen molar-refractivity contribution in [3.05, 3.63) is 29.8 Å². The molecular formula is C15H18N2O4. The quantitative estimate of drug-likeness (QED) is 0.691. The molecule has 0 radical (unpaired) electrons. The van der Waals surface area contributed by atoms with E-state index in [-0.39, 0.29) is 24.7 Å². The van der Waals surface area contributed by atoms with Gasteiger partial charge in [-0.3, -0.25) is 14.4 Å². The zero-order chi connectivity index (χ0) is 15.2. The minimum Gasteiger partial charge on any atom is -0.481 e. The number of carbonyl (C=O) groups is 3. The van der Waals surface area contributed by atoms with E-state index in [9.17, 15) is 14.4 Å². The van der Waals surface area contributed by atoms with Crippen LogP contribution in [0, 0.1) is 0 Å². The molecule has 0 fully saturated rings. The van der Waals surface area contributed by atoms with Crippen molar-refractivity contribution in [1.82, 2.24) is 5.32 Å². The first-order valence-corrected chi connectivity index (χ1v) is 6.96. The van der Waals surface area contributed by atoms with Crippen molar-refractivity contribution in [2.24, 2.45) is 0 Å². The molecule has 1 unspecified atom stereocenters. The molecule has 2 rings (SSSR count). The Balaban J connectivity index is 1.90. The Kier molecular flexibility index (Phi) is 4.92. The second-order valence-electron chi connectivity index (χ2n) is 5.03. The number of carbonyl (C=O) groups excluding carboxylic acids is 2. The lowest BCUT2D eigenvalue weighted by molar-refractivity contribution is -0.137. The highest BCUT2D eigenvalue weighted by molar-refractivity contribution is 6.01. The van der Waals surface area contributed by atoms with Crippen LogP contribution in [0.1, 0.15) is 37.2 Å². The van der Waals surface area contributed by atoms with Gasteiger partial charge in [0.1, 0.15) is 0 Å². The molecule has 1 aliphatic rings. The number of benzene rings is 1. The van der Waals surface area contributed by atoms with Crippen molar-refractivity contribution in [1.29, 1.82) is 0 Å². The Morgan fingerprint density at radius 2 is 2.05 bits per heavy atom. The van der Waals surface area contributed by atoms with Crippen LogP contribution in [0.25, 0.3) is 0 Å². The first kappa shape index (κ1) is 15.0. The van der Waals surface area contributed by atoms with Gasteiger partial charge in [0.05, 0.1) is 5.92 Å². The fraction of sp³-hybridized carbons (Fsp3) is 0.400. The van der Waals surface area contributed by atoms with Crippen molar-refractivity contribution in [3.8, 4) is 0 Å². The fourth-order valence-electron chi connectivity index (χ4n) is 2.38.